The van der Waals surface area contributed by atoms with Crippen molar-refractivity contribution in [1.29, 1.82) is 0 Å². The first-order valence-corrected chi connectivity index (χ1v) is 8.16. The van der Waals surface area contributed by atoms with Gasteiger partial charge < -0.3 is 14.8 Å². The van der Waals surface area contributed by atoms with E-state index in [2.05, 4.69) is 23.5 Å². The third-order valence-electron chi connectivity index (χ3n) is 4.91. The normalized spacial score (nSPS) is 26.9. The summed E-state index contributed by atoms with van der Waals surface area (Å²) in [5.41, 5.74) is 1.35. The number of ether oxygens (including phenoxy) is 2. The summed E-state index contributed by atoms with van der Waals surface area (Å²) in [6.07, 6.45) is 8.46. The van der Waals surface area contributed by atoms with E-state index in [0.29, 0.717) is 12.0 Å². The number of hydrogen-bond donors (Lipinski definition) is 1. The van der Waals surface area contributed by atoms with E-state index in [9.17, 15) is 0 Å². The van der Waals surface area contributed by atoms with Gasteiger partial charge in [0.1, 0.15) is 0 Å². The van der Waals surface area contributed by atoms with Crippen LogP contribution >= 0.6 is 0 Å². The van der Waals surface area contributed by atoms with Gasteiger partial charge in [0, 0.05) is 44.7 Å². The van der Waals surface area contributed by atoms with Crippen LogP contribution < -0.4 is 5.32 Å². The largest absolute Gasteiger partial charge is 0.381 e. The van der Waals surface area contributed by atoms with Crippen molar-refractivity contribution in [2.24, 2.45) is 13.0 Å². The Balaban J connectivity index is 1.75. The summed E-state index contributed by atoms with van der Waals surface area (Å²) in [4.78, 5) is 0. The number of nitrogens with zero attached hydrogens (tertiary/aromatic N) is 2. The topological polar surface area (TPSA) is 48.3 Å². The summed E-state index contributed by atoms with van der Waals surface area (Å²) in [6.45, 7) is 5.70. The van der Waals surface area contributed by atoms with Crippen LogP contribution in [0.15, 0.2) is 12.4 Å². The lowest BCUT2D eigenvalue weighted by molar-refractivity contribution is -0.150. The number of rotatable bonds is 4. The zero-order valence-electron chi connectivity index (χ0n) is 13.2. The molecule has 2 fully saturated rings. The summed E-state index contributed by atoms with van der Waals surface area (Å²) in [5, 5.41) is 8.01. The van der Waals surface area contributed by atoms with E-state index >= 15 is 0 Å². The fraction of sp³-hybridized carbons (Fsp3) is 0.812. The van der Waals surface area contributed by atoms with Gasteiger partial charge in [-0.2, -0.15) is 5.10 Å². The molecule has 0 aliphatic carbocycles. The predicted molar refractivity (Wildman–Crippen MR) is 81.1 cm³/mol. The predicted octanol–water partition coefficient (Wildman–Crippen LogP) is 2.05. The van der Waals surface area contributed by atoms with E-state index in [0.717, 1.165) is 52.0 Å². The van der Waals surface area contributed by atoms with Gasteiger partial charge in [-0.25, -0.2) is 0 Å². The highest BCUT2D eigenvalue weighted by Crippen LogP contribution is 2.41. The van der Waals surface area contributed by atoms with E-state index < -0.39 is 0 Å². The van der Waals surface area contributed by atoms with Crippen molar-refractivity contribution >= 4 is 0 Å². The molecule has 21 heavy (non-hydrogen) atoms. The molecular formula is C16H27N3O2. The molecule has 3 heterocycles. The number of nitrogens with one attached hydrogen (secondary N) is 1. The molecule has 1 aromatic rings. The third-order valence-corrected chi connectivity index (χ3v) is 4.91. The molecule has 0 amide bonds. The van der Waals surface area contributed by atoms with Crippen LogP contribution in [0, 0.1) is 5.92 Å². The zero-order valence-corrected chi connectivity index (χ0v) is 13.2. The Bertz CT molecular complexity index is 449. The molecule has 1 spiro atoms. The monoisotopic (exact) mass is 293 g/mol. The van der Waals surface area contributed by atoms with E-state index in [-0.39, 0.29) is 5.60 Å². The minimum Gasteiger partial charge on any atom is -0.381 e. The van der Waals surface area contributed by atoms with Crippen molar-refractivity contribution in [3.05, 3.63) is 18.0 Å². The highest BCUT2D eigenvalue weighted by Gasteiger charge is 2.41. The lowest BCUT2D eigenvalue weighted by atomic mass is 9.76. The summed E-state index contributed by atoms with van der Waals surface area (Å²) in [7, 11) is 1.98. The summed E-state index contributed by atoms with van der Waals surface area (Å²) in [6, 6.07) is 0.382. The van der Waals surface area contributed by atoms with E-state index in [1.807, 2.05) is 17.9 Å². The second-order valence-corrected chi connectivity index (χ2v) is 6.38. The fourth-order valence-electron chi connectivity index (χ4n) is 3.82. The van der Waals surface area contributed by atoms with Gasteiger partial charge in [-0.3, -0.25) is 4.68 Å². The molecule has 0 saturated carbocycles. The van der Waals surface area contributed by atoms with Crippen molar-refractivity contribution in [2.45, 2.75) is 44.2 Å². The van der Waals surface area contributed by atoms with Crippen molar-refractivity contribution in [3.8, 4) is 0 Å². The highest BCUT2D eigenvalue weighted by atomic mass is 16.5. The van der Waals surface area contributed by atoms with Crippen molar-refractivity contribution in [3.63, 3.8) is 0 Å². The SMILES string of the molecule is CCNC(c1cnn(C)c1)C1CCOC2(CCOCC2)C1. The highest BCUT2D eigenvalue weighted by molar-refractivity contribution is 5.13. The number of aryl methyl sites for hydroxylation is 1. The van der Waals surface area contributed by atoms with Crippen LogP contribution in [0.25, 0.3) is 0 Å². The van der Waals surface area contributed by atoms with Crippen molar-refractivity contribution < 1.29 is 9.47 Å². The van der Waals surface area contributed by atoms with Crippen LogP contribution in [-0.2, 0) is 16.5 Å². The molecule has 118 valence electrons. The third kappa shape index (κ3) is 3.30. The van der Waals surface area contributed by atoms with Crippen LogP contribution in [0.4, 0.5) is 0 Å². The minimum absolute atomic E-state index is 0.0526. The second-order valence-electron chi connectivity index (χ2n) is 6.38. The quantitative estimate of drug-likeness (QED) is 0.923. The van der Waals surface area contributed by atoms with Gasteiger partial charge in [0.2, 0.25) is 0 Å². The first-order valence-electron chi connectivity index (χ1n) is 8.16. The fourth-order valence-corrected chi connectivity index (χ4v) is 3.82. The maximum Gasteiger partial charge on any atom is 0.0729 e. The molecular weight excluding hydrogens is 266 g/mol. The Hall–Kier alpha value is -0.910. The molecule has 3 rings (SSSR count). The van der Waals surface area contributed by atoms with Crippen molar-refractivity contribution in [1.82, 2.24) is 15.1 Å². The zero-order chi connectivity index (χ0) is 14.7. The first kappa shape index (κ1) is 15.0. The molecule has 1 aromatic heterocycles. The van der Waals surface area contributed by atoms with Crippen LogP contribution in [0.3, 0.4) is 0 Å². The number of aromatic nitrogens is 2. The molecule has 5 nitrogen and oxygen atoms in total. The smallest absolute Gasteiger partial charge is 0.0729 e. The van der Waals surface area contributed by atoms with E-state index in [1.165, 1.54) is 5.56 Å². The Kier molecular flexibility index (Phi) is 4.62. The molecule has 0 bridgehead atoms. The Morgan fingerprint density at radius 3 is 2.90 bits per heavy atom. The Morgan fingerprint density at radius 2 is 2.24 bits per heavy atom. The lowest BCUT2D eigenvalue weighted by Gasteiger charge is -2.45. The molecule has 2 unspecified atom stereocenters. The summed E-state index contributed by atoms with van der Waals surface area (Å²) >= 11 is 0. The lowest BCUT2D eigenvalue weighted by Crippen LogP contribution is -2.47. The average Bonchev–Trinajstić information content (AvgIpc) is 2.92. The van der Waals surface area contributed by atoms with Gasteiger partial charge in [-0.15, -0.1) is 0 Å². The molecule has 1 N–H and O–H groups in total. The van der Waals surface area contributed by atoms with Gasteiger partial charge in [-0.05, 0) is 38.1 Å². The average molecular weight is 293 g/mol. The van der Waals surface area contributed by atoms with Crippen LogP contribution in [0.1, 0.15) is 44.2 Å². The van der Waals surface area contributed by atoms with Crippen LogP contribution in [0.2, 0.25) is 0 Å². The summed E-state index contributed by atoms with van der Waals surface area (Å²) < 4.78 is 13.6. The molecule has 2 saturated heterocycles. The molecule has 0 aromatic carbocycles. The number of hydrogen-bond acceptors (Lipinski definition) is 4. The molecule has 5 heteroatoms. The molecule has 2 aliphatic heterocycles. The molecule has 0 radical (unpaired) electrons. The van der Waals surface area contributed by atoms with E-state index in [4.69, 9.17) is 9.47 Å². The van der Waals surface area contributed by atoms with Crippen molar-refractivity contribution in [2.75, 3.05) is 26.4 Å². The Morgan fingerprint density at radius 1 is 1.43 bits per heavy atom. The standard InChI is InChI=1S/C16H27N3O2/c1-3-17-15(14-11-18-19(2)12-14)13-4-7-21-16(10-13)5-8-20-9-6-16/h11-13,15,17H,3-10H2,1-2H3. The van der Waals surface area contributed by atoms with Gasteiger partial charge in [0.15, 0.2) is 0 Å². The second kappa shape index (κ2) is 6.46. The first-order chi connectivity index (χ1) is 10.2. The van der Waals surface area contributed by atoms with Gasteiger partial charge in [0.05, 0.1) is 11.8 Å². The maximum absolute atomic E-state index is 6.18. The van der Waals surface area contributed by atoms with Crippen LogP contribution in [0.5, 0.6) is 0 Å². The van der Waals surface area contributed by atoms with Crippen LogP contribution in [-0.4, -0.2) is 41.7 Å². The van der Waals surface area contributed by atoms with Gasteiger partial charge >= 0.3 is 0 Å². The van der Waals surface area contributed by atoms with Gasteiger partial charge in [0.25, 0.3) is 0 Å². The maximum atomic E-state index is 6.18. The minimum atomic E-state index is 0.0526. The van der Waals surface area contributed by atoms with Gasteiger partial charge in [-0.1, -0.05) is 6.92 Å². The molecule has 2 atom stereocenters. The molecule has 2 aliphatic rings. The van der Waals surface area contributed by atoms with E-state index in [1.54, 1.807) is 0 Å². The summed E-state index contributed by atoms with van der Waals surface area (Å²) in [5.74, 6) is 0.612. The Labute approximate surface area is 127 Å².